The van der Waals surface area contributed by atoms with Crippen LogP contribution in [-0.2, 0) is 9.47 Å². The summed E-state index contributed by atoms with van der Waals surface area (Å²) < 4.78 is 11.1. The molecule has 1 aliphatic carbocycles. The van der Waals surface area contributed by atoms with E-state index in [2.05, 4.69) is 24.1 Å². The molecule has 25 heavy (non-hydrogen) atoms. The van der Waals surface area contributed by atoms with Gasteiger partial charge in [-0.1, -0.05) is 26.2 Å². The summed E-state index contributed by atoms with van der Waals surface area (Å²) in [5.74, 6) is 2.70. The van der Waals surface area contributed by atoms with Crippen LogP contribution in [0.2, 0.25) is 0 Å². The molecule has 1 N–H and O–H groups in total. The minimum atomic E-state index is 0.398. The third kappa shape index (κ3) is 7.14. The Kier molecular flexibility index (Phi) is 9.63. The molecular weight excluding hydrogens is 314 g/mol. The highest BCUT2D eigenvalue weighted by Gasteiger charge is 2.24. The Morgan fingerprint density at radius 1 is 1.12 bits per heavy atom. The Balaban J connectivity index is 1.77. The third-order valence-corrected chi connectivity index (χ3v) is 5.69. The van der Waals surface area contributed by atoms with E-state index >= 15 is 0 Å². The number of likely N-dealkylation sites (tertiary alicyclic amines) is 1. The molecule has 1 saturated carbocycles. The van der Waals surface area contributed by atoms with Crippen LogP contribution in [0.5, 0.6) is 0 Å². The molecule has 5 nitrogen and oxygen atoms in total. The van der Waals surface area contributed by atoms with E-state index in [0.29, 0.717) is 6.10 Å². The molecule has 2 aliphatic rings. The zero-order valence-electron chi connectivity index (χ0n) is 16.6. The highest BCUT2D eigenvalue weighted by atomic mass is 16.5. The number of aliphatic imine (C=N–C) groups is 1. The van der Waals surface area contributed by atoms with Crippen molar-refractivity contribution in [1.82, 2.24) is 10.2 Å². The Bertz CT molecular complexity index is 381. The number of guanidine groups is 1. The molecule has 0 bridgehead atoms. The first-order valence-electron chi connectivity index (χ1n) is 10.4. The lowest BCUT2D eigenvalue weighted by molar-refractivity contribution is 0.00988. The second-order valence-electron chi connectivity index (χ2n) is 7.62. The average molecular weight is 354 g/mol. The Morgan fingerprint density at radius 2 is 1.88 bits per heavy atom. The van der Waals surface area contributed by atoms with Crippen LogP contribution in [0.15, 0.2) is 4.99 Å². The van der Waals surface area contributed by atoms with E-state index < -0.39 is 0 Å². The van der Waals surface area contributed by atoms with Gasteiger partial charge in [0.2, 0.25) is 0 Å². The minimum Gasteiger partial charge on any atom is -0.385 e. The van der Waals surface area contributed by atoms with E-state index in [9.17, 15) is 0 Å². The van der Waals surface area contributed by atoms with Crippen LogP contribution in [0.25, 0.3) is 0 Å². The molecular formula is C20H39N3O2. The first-order valence-corrected chi connectivity index (χ1v) is 10.4. The molecule has 2 fully saturated rings. The predicted octanol–water partition coefficient (Wildman–Crippen LogP) is 3.30. The topological polar surface area (TPSA) is 46.1 Å². The van der Waals surface area contributed by atoms with E-state index in [0.717, 1.165) is 76.5 Å². The maximum absolute atomic E-state index is 5.98. The number of ether oxygens (including phenoxy) is 2. The van der Waals surface area contributed by atoms with E-state index in [1.165, 1.54) is 25.7 Å². The molecule has 1 heterocycles. The number of nitrogens with one attached hydrogen (secondary N) is 1. The van der Waals surface area contributed by atoms with Gasteiger partial charge in [0.15, 0.2) is 5.96 Å². The van der Waals surface area contributed by atoms with Gasteiger partial charge in [-0.2, -0.15) is 0 Å². The van der Waals surface area contributed by atoms with Crippen molar-refractivity contribution in [2.75, 3.05) is 46.5 Å². The molecule has 0 aromatic rings. The summed E-state index contributed by atoms with van der Waals surface area (Å²) in [5.41, 5.74) is 0. The Labute approximate surface area is 154 Å². The van der Waals surface area contributed by atoms with Gasteiger partial charge < -0.3 is 19.7 Å². The van der Waals surface area contributed by atoms with Gasteiger partial charge in [-0.25, -0.2) is 0 Å². The van der Waals surface area contributed by atoms with Crippen molar-refractivity contribution in [3.8, 4) is 0 Å². The van der Waals surface area contributed by atoms with E-state index in [4.69, 9.17) is 14.5 Å². The number of hydrogen-bond acceptors (Lipinski definition) is 3. The molecule has 1 aliphatic heterocycles. The van der Waals surface area contributed by atoms with E-state index in [1.54, 1.807) is 7.11 Å². The lowest BCUT2D eigenvalue weighted by Crippen LogP contribution is -2.47. The van der Waals surface area contributed by atoms with Crippen molar-refractivity contribution >= 4 is 5.96 Å². The molecule has 1 saturated heterocycles. The monoisotopic (exact) mass is 353 g/mol. The predicted molar refractivity (Wildman–Crippen MR) is 104 cm³/mol. The fourth-order valence-electron chi connectivity index (χ4n) is 3.98. The highest BCUT2D eigenvalue weighted by molar-refractivity contribution is 5.80. The van der Waals surface area contributed by atoms with Crippen molar-refractivity contribution in [2.24, 2.45) is 16.8 Å². The first kappa shape index (κ1) is 20.5. The Hall–Kier alpha value is -0.810. The summed E-state index contributed by atoms with van der Waals surface area (Å²) >= 11 is 0. The lowest BCUT2D eigenvalue weighted by atomic mass is 9.80. The number of methoxy groups -OCH3 is 1. The molecule has 0 spiro atoms. The standard InChI is InChI=1S/C20H39N3O2/c1-4-21-20(22-16-18-9-6-5-8-17(18)2)23-12-10-19(11-13-23)25-15-7-14-24-3/h17-19H,4-16H2,1-3H3,(H,21,22). The first-order chi connectivity index (χ1) is 12.2. The van der Waals surface area contributed by atoms with Crippen molar-refractivity contribution in [1.29, 1.82) is 0 Å². The number of piperidine rings is 1. The summed E-state index contributed by atoms with van der Waals surface area (Å²) in [5, 5.41) is 3.50. The van der Waals surface area contributed by atoms with Gasteiger partial charge >= 0.3 is 0 Å². The van der Waals surface area contributed by atoms with E-state index in [-0.39, 0.29) is 0 Å². The minimum absolute atomic E-state index is 0.398. The van der Waals surface area contributed by atoms with Crippen molar-refractivity contribution in [3.05, 3.63) is 0 Å². The quantitative estimate of drug-likeness (QED) is 0.413. The molecule has 2 rings (SSSR count). The van der Waals surface area contributed by atoms with Crippen molar-refractivity contribution in [3.63, 3.8) is 0 Å². The lowest BCUT2D eigenvalue weighted by Gasteiger charge is -2.35. The molecule has 146 valence electrons. The molecule has 0 amide bonds. The molecule has 2 unspecified atom stereocenters. The maximum Gasteiger partial charge on any atom is 0.193 e. The van der Waals surface area contributed by atoms with Crippen LogP contribution in [0, 0.1) is 11.8 Å². The summed E-state index contributed by atoms with van der Waals surface area (Å²) in [6, 6.07) is 0. The van der Waals surface area contributed by atoms with Crippen LogP contribution in [-0.4, -0.2) is 63.5 Å². The van der Waals surface area contributed by atoms with Crippen LogP contribution in [0.3, 0.4) is 0 Å². The number of nitrogens with zero attached hydrogens (tertiary/aromatic N) is 2. The largest absolute Gasteiger partial charge is 0.385 e. The second-order valence-corrected chi connectivity index (χ2v) is 7.62. The smallest absolute Gasteiger partial charge is 0.193 e. The van der Waals surface area contributed by atoms with Gasteiger partial charge in [-0.3, -0.25) is 4.99 Å². The zero-order chi connectivity index (χ0) is 17.9. The summed E-state index contributed by atoms with van der Waals surface area (Å²) in [7, 11) is 1.74. The van der Waals surface area contributed by atoms with Gasteiger partial charge in [0.05, 0.1) is 6.10 Å². The number of rotatable bonds is 8. The summed E-state index contributed by atoms with van der Waals surface area (Å²) in [4.78, 5) is 7.42. The van der Waals surface area contributed by atoms with Gasteiger partial charge in [-0.05, 0) is 44.4 Å². The van der Waals surface area contributed by atoms with Crippen LogP contribution < -0.4 is 5.32 Å². The van der Waals surface area contributed by atoms with Gasteiger partial charge in [0.1, 0.15) is 0 Å². The summed E-state index contributed by atoms with van der Waals surface area (Å²) in [6.07, 6.45) is 9.08. The van der Waals surface area contributed by atoms with Crippen molar-refractivity contribution < 1.29 is 9.47 Å². The molecule has 0 aromatic heterocycles. The van der Waals surface area contributed by atoms with Gasteiger partial charge in [0.25, 0.3) is 0 Å². The molecule has 0 radical (unpaired) electrons. The molecule has 2 atom stereocenters. The zero-order valence-corrected chi connectivity index (χ0v) is 16.6. The second kappa shape index (κ2) is 11.7. The Morgan fingerprint density at radius 3 is 2.56 bits per heavy atom. The fourth-order valence-corrected chi connectivity index (χ4v) is 3.98. The van der Waals surface area contributed by atoms with Crippen LogP contribution in [0.1, 0.15) is 58.8 Å². The SMILES string of the molecule is CCNC(=NCC1CCCCC1C)N1CCC(OCCCOC)CC1. The molecule has 0 aromatic carbocycles. The average Bonchev–Trinajstić information content (AvgIpc) is 2.64. The number of hydrogen-bond donors (Lipinski definition) is 1. The highest BCUT2D eigenvalue weighted by Crippen LogP contribution is 2.29. The van der Waals surface area contributed by atoms with Gasteiger partial charge in [-0.15, -0.1) is 0 Å². The summed E-state index contributed by atoms with van der Waals surface area (Å²) in [6.45, 7) is 10.2. The van der Waals surface area contributed by atoms with Gasteiger partial charge in [0, 0.05) is 46.5 Å². The van der Waals surface area contributed by atoms with E-state index in [1.807, 2.05) is 0 Å². The molecule has 5 heteroatoms. The van der Waals surface area contributed by atoms with Crippen LogP contribution >= 0.6 is 0 Å². The van der Waals surface area contributed by atoms with Crippen molar-refractivity contribution in [2.45, 2.75) is 64.9 Å². The fraction of sp³-hybridized carbons (Fsp3) is 0.950. The van der Waals surface area contributed by atoms with Crippen LogP contribution in [0.4, 0.5) is 0 Å². The maximum atomic E-state index is 5.98. The third-order valence-electron chi connectivity index (χ3n) is 5.69. The normalized spacial score (nSPS) is 26.0.